The van der Waals surface area contributed by atoms with Crippen molar-refractivity contribution < 1.29 is 9.53 Å². The number of ether oxygens (including phenoxy) is 1. The lowest BCUT2D eigenvalue weighted by Gasteiger charge is -2.21. The topological polar surface area (TPSA) is 41.6 Å². The van der Waals surface area contributed by atoms with Crippen LogP contribution >= 0.6 is 0 Å². The van der Waals surface area contributed by atoms with Crippen molar-refractivity contribution in [3.8, 4) is 11.5 Å². The predicted molar refractivity (Wildman–Crippen MR) is 97.4 cm³/mol. The highest BCUT2D eigenvalue weighted by molar-refractivity contribution is 6.79. The molecule has 2 aromatic carbocycles. The first-order valence-corrected chi connectivity index (χ1v) is 11.2. The molecule has 0 aromatic heterocycles. The van der Waals surface area contributed by atoms with Crippen molar-refractivity contribution in [1.29, 1.82) is 0 Å². The molecule has 0 aliphatic carbocycles. The van der Waals surface area contributed by atoms with Gasteiger partial charge in [-0.1, -0.05) is 25.7 Å². The van der Waals surface area contributed by atoms with Gasteiger partial charge in [-0.15, -0.1) is 0 Å². The molecule has 0 radical (unpaired) electrons. The summed E-state index contributed by atoms with van der Waals surface area (Å²) in [4.78, 5) is 18.0. The van der Waals surface area contributed by atoms with Gasteiger partial charge >= 0.3 is 0 Å². The molecule has 4 nitrogen and oxygen atoms in total. The SMILES string of the molecule is Cc1ccc2c(c1)Oc1ccc(N[Si](C)(C)C)cc1C(=O)N2C. The molecule has 0 saturated heterocycles. The van der Waals surface area contributed by atoms with Crippen LogP contribution in [0.25, 0.3) is 0 Å². The number of aryl methyl sites for hydroxylation is 1. The van der Waals surface area contributed by atoms with E-state index in [0.29, 0.717) is 17.1 Å². The summed E-state index contributed by atoms with van der Waals surface area (Å²) in [7, 11) is 0.304. The second-order valence-electron chi connectivity index (χ2n) is 7.02. The van der Waals surface area contributed by atoms with E-state index >= 15 is 0 Å². The lowest BCUT2D eigenvalue weighted by Crippen LogP contribution is -2.32. The summed E-state index contributed by atoms with van der Waals surface area (Å²) >= 11 is 0. The van der Waals surface area contributed by atoms with Gasteiger partial charge in [0.15, 0.2) is 5.75 Å². The molecule has 0 saturated carbocycles. The fourth-order valence-corrected chi connectivity index (χ4v) is 3.71. The van der Waals surface area contributed by atoms with Gasteiger partial charge in [-0.25, -0.2) is 0 Å². The van der Waals surface area contributed by atoms with E-state index in [-0.39, 0.29) is 5.91 Å². The maximum Gasteiger partial charge on any atom is 0.261 e. The van der Waals surface area contributed by atoms with Crippen LogP contribution in [0.1, 0.15) is 15.9 Å². The fourth-order valence-electron chi connectivity index (χ4n) is 2.69. The second kappa shape index (κ2) is 5.42. The van der Waals surface area contributed by atoms with Crippen LogP contribution in [0.15, 0.2) is 36.4 Å². The Labute approximate surface area is 138 Å². The molecule has 1 heterocycles. The zero-order valence-corrected chi connectivity index (χ0v) is 15.2. The minimum atomic E-state index is -1.48. The molecule has 23 heavy (non-hydrogen) atoms. The van der Waals surface area contributed by atoms with E-state index in [1.807, 2.05) is 43.3 Å². The molecule has 1 aliphatic rings. The third-order valence-corrected chi connectivity index (χ3v) is 4.77. The normalized spacial score (nSPS) is 13.8. The van der Waals surface area contributed by atoms with Crippen LogP contribution < -0.4 is 14.6 Å². The lowest BCUT2D eigenvalue weighted by molar-refractivity contribution is 0.0993. The highest BCUT2D eigenvalue weighted by Gasteiger charge is 2.26. The van der Waals surface area contributed by atoms with Gasteiger partial charge in [-0.05, 0) is 42.8 Å². The Bertz CT molecular complexity index is 781. The van der Waals surface area contributed by atoms with Gasteiger partial charge < -0.3 is 14.6 Å². The third-order valence-electron chi connectivity index (χ3n) is 3.73. The monoisotopic (exact) mass is 326 g/mol. The largest absolute Gasteiger partial charge is 0.454 e. The Morgan fingerprint density at radius 2 is 1.78 bits per heavy atom. The van der Waals surface area contributed by atoms with E-state index in [1.165, 1.54) is 0 Å². The Morgan fingerprint density at radius 1 is 1.04 bits per heavy atom. The average molecular weight is 326 g/mol. The zero-order valence-electron chi connectivity index (χ0n) is 14.2. The molecule has 120 valence electrons. The molecule has 2 aromatic rings. The van der Waals surface area contributed by atoms with Crippen molar-refractivity contribution in [2.24, 2.45) is 0 Å². The number of fused-ring (bicyclic) bond motifs is 2. The minimum absolute atomic E-state index is 0.0539. The van der Waals surface area contributed by atoms with Crippen LogP contribution in [-0.2, 0) is 0 Å². The number of carbonyl (C=O) groups is 1. The van der Waals surface area contributed by atoms with Crippen molar-refractivity contribution in [2.45, 2.75) is 26.6 Å². The first kappa shape index (κ1) is 15.6. The number of hydrogen-bond acceptors (Lipinski definition) is 3. The van der Waals surface area contributed by atoms with Gasteiger partial charge in [0.1, 0.15) is 14.0 Å². The maximum absolute atomic E-state index is 12.8. The van der Waals surface area contributed by atoms with Crippen molar-refractivity contribution in [2.75, 3.05) is 16.9 Å². The molecule has 0 atom stereocenters. The molecular formula is C18H22N2O2Si. The highest BCUT2D eigenvalue weighted by Crippen LogP contribution is 2.39. The quantitative estimate of drug-likeness (QED) is 0.819. The van der Waals surface area contributed by atoms with Crippen LogP contribution in [0.5, 0.6) is 11.5 Å². The van der Waals surface area contributed by atoms with Crippen LogP contribution in [0, 0.1) is 6.92 Å². The number of nitrogens with zero attached hydrogens (tertiary/aromatic N) is 1. The van der Waals surface area contributed by atoms with Gasteiger partial charge in [0.25, 0.3) is 5.91 Å². The molecule has 1 N–H and O–H groups in total. The van der Waals surface area contributed by atoms with Crippen molar-refractivity contribution >= 4 is 25.5 Å². The Morgan fingerprint density at radius 3 is 2.48 bits per heavy atom. The molecule has 0 unspecified atom stereocenters. The molecule has 0 fully saturated rings. The molecule has 5 heteroatoms. The van der Waals surface area contributed by atoms with E-state index in [9.17, 15) is 4.79 Å². The fraction of sp³-hybridized carbons (Fsp3) is 0.278. The lowest BCUT2D eigenvalue weighted by atomic mass is 10.1. The summed E-state index contributed by atoms with van der Waals surface area (Å²) in [6, 6.07) is 11.6. The summed E-state index contributed by atoms with van der Waals surface area (Å²) < 4.78 is 6.03. The van der Waals surface area contributed by atoms with Crippen LogP contribution in [0.2, 0.25) is 19.6 Å². The van der Waals surface area contributed by atoms with Crippen LogP contribution in [0.4, 0.5) is 11.4 Å². The summed E-state index contributed by atoms with van der Waals surface area (Å²) in [6.07, 6.45) is 0. The number of benzene rings is 2. The highest BCUT2D eigenvalue weighted by atomic mass is 28.3. The Kier molecular flexibility index (Phi) is 3.68. The summed E-state index contributed by atoms with van der Waals surface area (Å²) in [6.45, 7) is 8.68. The van der Waals surface area contributed by atoms with Crippen molar-refractivity contribution in [1.82, 2.24) is 0 Å². The number of nitrogens with one attached hydrogen (secondary N) is 1. The van der Waals surface area contributed by atoms with Gasteiger partial charge in [0, 0.05) is 12.7 Å². The molecular weight excluding hydrogens is 304 g/mol. The minimum Gasteiger partial charge on any atom is -0.454 e. The van der Waals surface area contributed by atoms with Crippen LogP contribution in [0.3, 0.4) is 0 Å². The third kappa shape index (κ3) is 3.10. The Hall–Kier alpha value is -2.27. The zero-order chi connectivity index (χ0) is 16.8. The van der Waals surface area contributed by atoms with E-state index < -0.39 is 8.24 Å². The molecule has 0 bridgehead atoms. The number of amides is 1. The first-order valence-electron chi connectivity index (χ1n) is 7.73. The molecule has 3 rings (SSSR count). The number of anilines is 2. The maximum atomic E-state index is 12.8. The standard InChI is InChI=1S/C18H22N2O2Si/c1-12-6-8-15-17(10-12)22-16-9-7-13(19-23(3,4)5)11-14(16)18(21)20(15)2/h6-11,19H,1-5H3. The van der Waals surface area contributed by atoms with Gasteiger partial charge in [-0.2, -0.15) is 0 Å². The van der Waals surface area contributed by atoms with Gasteiger partial charge in [0.2, 0.25) is 0 Å². The first-order chi connectivity index (χ1) is 10.7. The van der Waals surface area contributed by atoms with Crippen LogP contribution in [-0.4, -0.2) is 21.2 Å². The molecule has 1 aliphatic heterocycles. The molecule has 0 spiro atoms. The smallest absolute Gasteiger partial charge is 0.261 e. The molecule has 1 amide bonds. The van der Waals surface area contributed by atoms with E-state index in [0.717, 1.165) is 16.9 Å². The van der Waals surface area contributed by atoms with Gasteiger partial charge in [-0.3, -0.25) is 4.79 Å². The summed E-state index contributed by atoms with van der Waals surface area (Å²) in [5.74, 6) is 1.26. The summed E-state index contributed by atoms with van der Waals surface area (Å²) in [5, 5.41) is 0. The van der Waals surface area contributed by atoms with E-state index in [2.05, 4.69) is 24.6 Å². The van der Waals surface area contributed by atoms with Crippen molar-refractivity contribution in [3.63, 3.8) is 0 Å². The van der Waals surface area contributed by atoms with Crippen molar-refractivity contribution in [3.05, 3.63) is 47.5 Å². The van der Waals surface area contributed by atoms with E-state index in [4.69, 9.17) is 4.74 Å². The number of rotatable bonds is 2. The van der Waals surface area contributed by atoms with Gasteiger partial charge in [0.05, 0.1) is 11.3 Å². The Balaban J connectivity index is 2.07. The predicted octanol–water partition coefficient (Wildman–Crippen LogP) is 4.62. The number of carbonyl (C=O) groups excluding carboxylic acids is 1. The summed E-state index contributed by atoms with van der Waals surface area (Å²) in [5.41, 5.74) is 3.45. The number of hydrogen-bond donors (Lipinski definition) is 1. The van der Waals surface area contributed by atoms with E-state index in [1.54, 1.807) is 11.9 Å². The second-order valence-corrected chi connectivity index (χ2v) is 11.8. The average Bonchev–Trinajstić information content (AvgIpc) is 2.54.